The second-order valence-corrected chi connectivity index (χ2v) is 10.2. The summed E-state index contributed by atoms with van der Waals surface area (Å²) in [6.45, 7) is 2.44. The molecule has 0 radical (unpaired) electrons. The molecule has 1 atom stereocenters. The summed E-state index contributed by atoms with van der Waals surface area (Å²) in [6, 6.07) is 19.8. The van der Waals surface area contributed by atoms with E-state index >= 15 is 0 Å². The fourth-order valence-electron chi connectivity index (χ4n) is 4.19. The van der Waals surface area contributed by atoms with E-state index in [4.69, 9.17) is 4.74 Å². The molecule has 0 aliphatic rings. The Hall–Kier alpha value is -4.11. The van der Waals surface area contributed by atoms with Crippen LogP contribution in [-0.4, -0.2) is 29.5 Å². The first kappa shape index (κ1) is 27.9. The summed E-state index contributed by atoms with van der Waals surface area (Å²) in [6.07, 6.45) is 3.80. The zero-order chi connectivity index (χ0) is 27.8. The first-order valence-corrected chi connectivity index (χ1v) is 13.9. The van der Waals surface area contributed by atoms with Gasteiger partial charge in [-0.1, -0.05) is 48.5 Å². The number of esters is 1. The van der Waals surface area contributed by atoms with Gasteiger partial charge in [0.1, 0.15) is 30.2 Å². The Labute approximate surface area is 231 Å². The van der Waals surface area contributed by atoms with Crippen molar-refractivity contribution in [2.75, 3.05) is 22.6 Å². The molecule has 0 bridgehead atoms. The molecule has 1 aromatic heterocycles. The average Bonchev–Trinajstić information content (AvgIpc) is 2.94. The van der Waals surface area contributed by atoms with Gasteiger partial charge in [0.05, 0.1) is 6.61 Å². The number of para-hydroxylation sites is 1. The number of thioether (sulfide) groups is 1. The first-order valence-electron chi connectivity index (χ1n) is 12.7. The van der Waals surface area contributed by atoms with Gasteiger partial charge in [0.15, 0.2) is 12.4 Å². The summed E-state index contributed by atoms with van der Waals surface area (Å²) < 4.78 is 7.17. The maximum absolute atomic E-state index is 12.9. The van der Waals surface area contributed by atoms with E-state index in [1.165, 1.54) is 11.8 Å². The van der Waals surface area contributed by atoms with E-state index in [0.29, 0.717) is 23.6 Å². The largest absolute Gasteiger partial charge is 0.508 e. The third-order valence-corrected chi connectivity index (χ3v) is 7.37. The number of anilines is 2. The summed E-state index contributed by atoms with van der Waals surface area (Å²) in [7, 11) is 1.91. The minimum absolute atomic E-state index is 0.0928. The lowest BCUT2D eigenvalue weighted by Crippen LogP contribution is -2.46. The smallest absolute Gasteiger partial charge is 0.329 e. The van der Waals surface area contributed by atoms with E-state index in [0.717, 1.165) is 11.1 Å². The second kappa shape index (κ2) is 13.1. The van der Waals surface area contributed by atoms with Crippen LogP contribution in [0, 0.1) is 0 Å². The van der Waals surface area contributed by atoms with Crippen molar-refractivity contribution in [3.8, 4) is 5.75 Å². The predicted molar refractivity (Wildman–Crippen MR) is 154 cm³/mol. The van der Waals surface area contributed by atoms with Gasteiger partial charge in [0, 0.05) is 42.3 Å². The Balaban J connectivity index is 1.61. The molecule has 0 saturated carbocycles. The number of phenolic OH excluding ortho intramolecular Hbond substituents is 1. The standard InChI is InChI=1S/C30H31N3O5S/c1-3-38-30(37)24(20-39-19-22-9-5-4-6-10-22)31-26-27(29(36)28(26)35)33(17-21-13-15-32(2)16-14-21)18-23-11-7-8-12-25(23)34/h4-16,24H,3,17-20H2,1-2H3,(H-,31,34,36)/p+1/t24-/m0/s1. The molecule has 3 aromatic carbocycles. The van der Waals surface area contributed by atoms with Gasteiger partial charge in [-0.25, -0.2) is 9.36 Å². The fraction of sp³-hybridized carbons (Fsp3) is 0.267. The number of hydrogen-bond donors (Lipinski definition) is 2. The third-order valence-electron chi connectivity index (χ3n) is 6.26. The van der Waals surface area contributed by atoms with Crippen molar-refractivity contribution < 1.29 is 19.2 Å². The number of nitrogens with one attached hydrogen (secondary N) is 1. The highest BCUT2D eigenvalue weighted by atomic mass is 32.2. The Morgan fingerprint density at radius 3 is 2.36 bits per heavy atom. The molecule has 0 fully saturated rings. The molecule has 2 N–H and O–H groups in total. The van der Waals surface area contributed by atoms with Gasteiger partial charge < -0.3 is 20.1 Å². The molecule has 39 heavy (non-hydrogen) atoms. The number of benzene rings is 2. The van der Waals surface area contributed by atoms with Crippen LogP contribution < -0.4 is 25.6 Å². The average molecular weight is 547 g/mol. The molecule has 0 unspecified atom stereocenters. The molecule has 4 aromatic rings. The molecule has 9 heteroatoms. The van der Waals surface area contributed by atoms with Crippen molar-refractivity contribution >= 4 is 29.1 Å². The van der Waals surface area contributed by atoms with Crippen LogP contribution in [0.4, 0.5) is 11.4 Å². The molecule has 0 aliphatic carbocycles. The van der Waals surface area contributed by atoms with Crippen molar-refractivity contribution in [2.45, 2.75) is 31.8 Å². The topological polar surface area (TPSA) is 99.8 Å². The van der Waals surface area contributed by atoms with E-state index in [1.807, 2.05) is 66.5 Å². The quantitative estimate of drug-likeness (QED) is 0.150. The minimum Gasteiger partial charge on any atom is -0.508 e. The zero-order valence-electron chi connectivity index (χ0n) is 22.0. The maximum Gasteiger partial charge on any atom is 0.329 e. The van der Waals surface area contributed by atoms with Crippen LogP contribution in [-0.2, 0) is 35.4 Å². The Kier molecular flexibility index (Phi) is 9.38. The molecule has 8 nitrogen and oxygen atoms in total. The number of phenols is 1. The fourth-order valence-corrected chi connectivity index (χ4v) is 5.19. The predicted octanol–water partition coefficient (Wildman–Crippen LogP) is 3.30. The van der Waals surface area contributed by atoms with Crippen LogP contribution in [0.2, 0.25) is 0 Å². The van der Waals surface area contributed by atoms with Crippen molar-refractivity contribution in [2.24, 2.45) is 7.05 Å². The van der Waals surface area contributed by atoms with E-state index in [9.17, 15) is 19.5 Å². The highest BCUT2D eigenvalue weighted by Gasteiger charge is 2.31. The normalized spacial score (nSPS) is 11.7. The monoisotopic (exact) mass is 546 g/mol. The van der Waals surface area contributed by atoms with Crippen molar-refractivity contribution in [3.05, 3.63) is 116 Å². The van der Waals surface area contributed by atoms with E-state index in [1.54, 1.807) is 36.1 Å². The van der Waals surface area contributed by atoms with Gasteiger partial charge >= 0.3 is 5.97 Å². The highest BCUT2D eigenvalue weighted by Crippen LogP contribution is 2.28. The van der Waals surface area contributed by atoms with E-state index < -0.39 is 22.9 Å². The second-order valence-electron chi connectivity index (χ2n) is 9.19. The number of hydrogen-bond acceptors (Lipinski definition) is 8. The summed E-state index contributed by atoms with van der Waals surface area (Å²) >= 11 is 1.53. The van der Waals surface area contributed by atoms with Crippen LogP contribution in [0.25, 0.3) is 0 Å². The number of aromatic nitrogens is 1. The number of aromatic hydroxyl groups is 1. The van der Waals surface area contributed by atoms with Gasteiger partial charge in [0.2, 0.25) is 0 Å². The number of rotatable bonds is 13. The molecule has 0 amide bonds. The lowest BCUT2D eigenvalue weighted by Gasteiger charge is -2.29. The minimum atomic E-state index is -0.816. The van der Waals surface area contributed by atoms with Crippen LogP contribution in [0.3, 0.4) is 0 Å². The first-order chi connectivity index (χ1) is 18.9. The van der Waals surface area contributed by atoms with Gasteiger partial charge in [0.25, 0.3) is 10.9 Å². The summed E-state index contributed by atoms with van der Waals surface area (Å²) in [5.41, 5.74) is 1.63. The lowest BCUT2D eigenvalue weighted by atomic mass is 10.1. The highest BCUT2D eigenvalue weighted by molar-refractivity contribution is 7.98. The summed E-state index contributed by atoms with van der Waals surface area (Å²) in [5, 5.41) is 13.4. The van der Waals surface area contributed by atoms with Gasteiger partial charge in [-0.15, -0.1) is 0 Å². The molecular weight excluding hydrogens is 514 g/mol. The van der Waals surface area contributed by atoms with Gasteiger partial charge in [-0.05, 0) is 24.1 Å². The molecule has 1 heterocycles. The Morgan fingerprint density at radius 2 is 1.67 bits per heavy atom. The summed E-state index contributed by atoms with van der Waals surface area (Å²) in [5.74, 6) is 0.639. The molecular formula is C30H32N3O5S+. The van der Waals surface area contributed by atoms with Crippen LogP contribution in [0.1, 0.15) is 23.6 Å². The summed E-state index contributed by atoms with van der Waals surface area (Å²) in [4.78, 5) is 40.3. The SMILES string of the molecule is CCOC(=O)[C@H](CSCc1ccccc1)Nc1c(N(Cc2cc[n+](C)cc2)Cc2ccccc2O)c(=O)c1=O. The number of nitrogens with zero attached hydrogens (tertiary/aromatic N) is 2. The Morgan fingerprint density at radius 1 is 0.974 bits per heavy atom. The van der Waals surface area contributed by atoms with Crippen molar-refractivity contribution in [3.63, 3.8) is 0 Å². The van der Waals surface area contributed by atoms with E-state index in [2.05, 4.69) is 5.32 Å². The number of ether oxygens (including phenoxy) is 1. The third kappa shape index (κ3) is 7.06. The van der Waals surface area contributed by atoms with Crippen LogP contribution in [0.15, 0.2) is 88.7 Å². The number of carbonyl (C=O) groups excluding carboxylic acids is 1. The molecule has 0 aliphatic heterocycles. The molecule has 4 rings (SSSR count). The van der Waals surface area contributed by atoms with Crippen LogP contribution in [0.5, 0.6) is 5.75 Å². The number of carbonyl (C=O) groups is 1. The van der Waals surface area contributed by atoms with Crippen LogP contribution >= 0.6 is 11.8 Å². The molecule has 202 valence electrons. The van der Waals surface area contributed by atoms with Gasteiger partial charge in [-0.2, -0.15) is 11.8 Å². The Bertz CT molecular complexity index is 1470. The van der Waals surface area contributed by atoms with Gasteiger partial charge in [-0.3, -0.25) is 9.59 Å². The van der Waals surface area contributed by atoms with Crippen molar-refractivity contribution in [1.29, 1.82) is 0 Å². The maximum atomic E-state index is 12.9. The van der Waals surface area contributed by atoms with E-state index in [-0.39, 0.29) is 30.3 Å². The van der Waals surface area contributed by atoms with Crippen molar-refractivity contribution in [1.82, 2.24) is 0 Å². The number of pyridine rings is 1. The zero-order valence-corrected chi connectivity index (χ0v) is 22.8. The lowest BCUT2D eigenvalue weighted by molar-refractivity contribution is -0.671. The molecule has 0 saturated heterocycles. The number of aryl methyl sites for hydroxylation is 1. The molecule has 0 spiro atoms.